The van der Waals surface area contributed by atoms with Crippen molar-refractivity contribution in [2.45, 2.75) is 84.8 Å². The third-order valence-corrected chi connectivity index (χ3v) is 5.87. The van der Waals surface area contributed by atoms with Crippen molar-refractivity contribution in [3.63, 3.8) is 0 Å². The van der Waals surface area contributed by atoms with E-state index in [4.69, 9.17) is 41.7 Å². The van der Waals surface area contributed by atoms with Gasteiger partial charge in [0.05, 0.1) is 32.0 Å². The van der Waals surface area contributed by atoms with E-state index in [1.165, 1.54) is 13.8 Å². The SMILES string of the molecule is C.C.CCOc1ccc(Cc2cc([C@@H]3O[C@H](CO)[C@@H](O)[C@H](O)[C@H]3O)ccc2Cl)cc1.C[C@@H](O)CO.C[C@@H](O)COO. The highest BCUT2D eigenvalue weighted by Crippen LogP contribution is 2.34. The molecular weight excluding hydrogens is 560 g/mol. The zero-order valence-electron chi connectivity index (χ0n) is 22.3. The lowest BCUT2D eigenvalue weighted by Gasteiger charge is -2.40. The summed E-state index contributed by atoms with van der Waals surface area (Å²) in [6.45, 7) is 4.97. The Balaban J connectivity index is 0. The fourth-order valence-corrected chi connectivity index (χ4v) is 3.67. The van der Waals surface area contributed by atoms with Crippen LogP contribution in [0.3, 0.4) is 0 Å². The summed E-state index contributed by atoms with van der Waals surface area (Å²) in [4.78, 5) is 3.55. The Morgan fingerprint density at radius 2 is 1.49 bits per heavy atom. The van der Waals surface area contributed by atoms with E-state index in [0.717, 1.165) is 16.9 Å². The highest BCUT2D eigenvalue weighted by molar-refractivity contribution is 6.31. The summed E-state index contributed by atoms with van der Waals surface area (Å²) in [5.41, 5.74) is 2.49. The number of aliphatic hydroxyl groups is 7. The lowest BCUT2D eigenvalue weighted by molar-refractivity contribution is -0.255. The number of hydrogen-bond acceptors (Lipinski definition) is 11. The van der Waals surface area contributed by atoms with Gasteiger partial charge in [-0.2, -0.15) is 0 Å². The van der Waals surface area contributed by atoms with Crippen LogP contribution in [0.1, 0.15) is 58.4 Å². The van der Waals surface area contributed by atoms with Gasteiger partial charge in [0.2, 0.25) is 0 Å². The maximum Gasteiger partial charge on any atom is 0.119 e. The first-order valence-electron chi connectivity index (χ1n) is 12.5. The molecule has 1 heterocycles. The second-order valence-corrected chi connectivity index (χ2v) is 9.44. The van der Waals surface area contributed by atoms with E-state index >= 15 is 0 Å². The van der Waals surface area contributed by atoms with E-state index in [1.807, 2.05) is 37.3 Å². The van der Waals surface area contributed by atoms with Crippen LogP contribution in [0.2, 0.25) is 5.02 Å². The predicted octanol–water partition coefficient (Wildman–Crippen LogP) is 2.33. The molecular formula is C29H49ClO11. The van der Waals surface area contributed by atoms with Crippen molar-refractivity contribution >= 4 is 11.6 Å². The lowest BCUT2D eigenvalue weighted by atomic mass is 9.90. The molecule has 0 spiro atoms. The van der Waals surface area contributed by atoms with Crippen LogP contribution in [0.5, 0.6) is 5.75 Å². The summed E-state index contributed by atoms with van der Waals surface area (Å²) >= 11 is 6.35. The van der Waals surface area contributed by atoms with Gasteiger partial charge >= 0.3 is 0 Å². The van der Waals surface area contributed by atoms with Gasteiger partial charge in [0.15, 0.2) is 0 Å². The van der Waals surface area contributed by atoms with E-state index < -0.39 is 49.3 Å². The molecule has 2 aromatic rings. The molecule has 0 radical (unpaired) electrons. The fourth-order valence-electron chi connectivity index (χ4n) is 3.48. The van der Waals surface area contributed by atoms with Gasteiger partial charge in [0.25, 0.3) is 0 Å². The molecule has 7 atom stereocenters. The molecule has 3 rings (SSSR count). The maximum absolute atomic E-state index is 10.3. The molecule has 1 aliphatic rings. The molecule has 0 saturated carbocycles. The number of benzene rings is 2. The van der Waals surface area contributed by atoms with Crippen molar-refractivity contribution in [3.8, 4) is 5.75 Å². The average Bonchev–Trinajstić information content (AvgIpc) is 2.91. The van der Waals surface area contributed by atoms with Gasteiger partial charge < -0.3 is 45.2 Å². The molecule has 0 bridgehead atoms. The smallest absolute Gasteiger partial charge is 0.119 e. The predicted molar refractivity (Wildman–Crippen MR) is 157 cm³/mol. The van der Waals surface area contributed by atoms with Crippen molar-refractivity contribution in [3.05, 3.63) is 64.2 Å². The zero-order chi connectivity index (χ0) is 29.5. The third kappa shape index (κ3) is 14.2. The minimum absolute atomic E-state index is 0. The third-order valence-electron chi connectivity index (χ3n) is 5.50. The normalized spacial score (nSPS) is 22.8. The monoisotopic (exact) mass is 608 g/mol. The molecule has 1 fully saturated rings. The standard InChI is InChI=1S/C21H25ClO6.C3H8O3.C3H8O2.2CH4/c1-2-27-15-6-3-12(4-7-15)9-14-10-13(5-8-16(14)22)21-20(26)19(25)18(24)17(11-23)28-21;1-3(4)2-6-5;1-3(5)2-4;;/h3-8,10,17-21,23-26H,2,9,11H2,1H3;3-5H,2H2,1H3;3-5H,2H2,1H3;2*1H4/t17-,18-,19+,20-,21+;2*3-;;/m111../s1. The molecule has 1 aliphatic heterocycles. The van der Waals surface area contributed by atoms with Gasteiger partial charge in [-0.1, -0.05) is 50.7 Å². The van der Waals surface area contributed by atoms with E-state index in [2.05, 4.69) is 4.89 Å². The molecule has 12 heteroatoms. The molecule has 2 aromatic carbocycles. The van der Waals surface area contributed by atoms with Crippen LogP contribution in [0.4, 0.5) is 0 Å². The Morgan fingerprint density at radius 3 is 1.93 bits per heavy atom. The summed E-state index contributed by atoms with van der Waals surface area (Å²) in [6.07, 6.45) is -6.52. The Kier molecular flexibility index (Phi) is 21.9. The first kappa shape index (κ1) is 41.3. The summed E-state index contributed by atoms with van der Waals surface area (Å²) in [6, 6.07) is 12.9. The summed E-state index contributed by atoms with van der Waals surface area (Å²) in [5.74, 6) is 0.799. The topological polar surface area (TPSA) is 190 Å². The quantitative estimate of drug-likeness (QED) is 0.154. The van der Waals surface area contributed by atoms with E-state index in [9.17, 15) is 20.4 Å². The van der Waals surface area contributed by atoms with Crippen LogP contribution in [0.15, 0.2) is 42.5 Å². The van der Waals surface area contributed by atoms with E-state index in [1.54, 1.807) is 12.1 Å². The van der Waals surface area contributed by atoms with Crippen LogP contribution < -0.4 is 4.74 Å². The molecule has 8 N–H and O–H groups in total. The van der Waals surface area contributed by atoms with Gasteiger partial charge in [0, 0.05) is 5.02 Å². The number of aliphatic hydroxyl groups excluding tert-OH is 7. The van der Waals surface area contributed by atoms with Crippen molar-refractivity contribution in [1.82, 2.24) is 0 Å². The first-order valence-corrected chi connectivity index (χ1v) is 12.9. The van der Waals surface area contributed by atoms with Gasteiger partial charge in [-0.15, -0.1) is 0 Å². The molecule has 0 aromatic heterocycles. The minimum Gasteiger partial charge on any atom is -0.494 e. The van der Waals surface area contributed by atoms with Crippen LogP contribution in [-0.4, -0.2) is 104 Å². The second kappa shape index (κ2) is 21.8. The van der Waals surface area contributed by atoms with Crippen LogP contribution >= 0.6 is 11.6 Å². The van der Waals surface area contributed by atoms with Crippen LogP contribution in [0, 0.1) is 0 Å². The molecule has 11 nitrogen and oxygen atoms in total. The molecule has 0 amide bonds. The van der Waals surface area contributed by atoms with Crippen molar-refractivity contribution in [2.75, 3.05) is 26.4 Å². The highest BCUT2D eigenvalue weighted by Gasteiger charge is 2.44. The Hall–Kier alpha value is -1.87. The maximum atomic E-state index is 10.3. The number of rotatable bonds is 9. The summed E-state index contributed by atoms with van der Waals surface area (Å²) in [5, 5.41) is 72.1. The fraction of sp³-hybridized carbons (Fsp3) is 0.586. The van der Waals surface area contributed by atoms with Gasteiger partial charge in [-0.05, 0) is 62.1 Å². The van der Waals surface area contributed by atoms with Gasteiger partial charge in [0.1, 0.15) is 42.9 Å². The van der Waals surface area contributed by atoms with Gasteiger partial charge in [-0.3, -0.25) is 5.26 Å². The number of halogens is 1. The van der Waals surface area contributed by atoms with Crippen LogP contribution in [-0.2, 0) is 16.0 Å². The number of hydrogen-bond donors (Lipinski definition) is 8. The lowest BCUT2D eigenvalue weighted by Crippen LogP contribution is -2.55. The molecule has 238 valence electrons. The number of ether oxygens (including phenoxy) is 2. The molecule has 0 aliphatic carbocycles. The van der Waals surface area contributed by atoms with Gasteiger partial charge in [-0.25, -0.2) is 4.89 Å². The highest BCUT2D eigenvalue weighted by atomic mass is 35.5. The largest absolute Gasteiger partial charge is 0.494 e. The second-order valence-electron chi connectivity index (χ2n) is 9.03. The van der Waals surface area contributed by atoms with Crippen molar-refractivity contribution in [2.24, 2.45) is 0 Å². The van der Waals surface area contributed by atoms with Crippen LogP contribution in [0.25, 0.3) is 0 Å². The van der Waals surface area contributed by atoms with Crippen molar-refractivity contribution in [1.29, 1.82) is 0 Å². The molecule has 41 heavy (non-hydrogen) atoms. The Bertz CT molecular complexity index is 925. The average molecular weight is 609 g/mol. The first-order chi connectivity index (χ1) is 18.5. The Labute approximate surface area is 248 Å². The minimum atomic E-state index is -1.42. The molecule has 1 saturated heterocycles. The van der Waals surface area contributed by atoms with E-state index in [-0.39, 0.29) is 28.1 Å². The Morgan fingerprint density at radius 1 is 0.902 bits per heavy atom. The summed E-state index contributed by atoms with van der Waals surface area (Å²) in [7, 11) is 0. The molecule has 0 unspecified atom stereocenters. The zero-order valence-corrected chi connectivity index (χ0v) is 23.1. The van der Waals surface area contributed by atoms with E-state index in [0.29, 0.717) is 23.6 Å². The summed E-state index contributed by atoms with van der Waals surface area (Å²) < 4.78 is 11.1. The van der Waals surface area contributed by atoms with Crippen molar-refractivity contribution < 1.29 is 55.4 Å².